The van der Waals surface area contributed by atoms with E-state index in [2.05, 4.69) is 6.92 Å². The minimum Gasteiger partial charge on any atom is -0.461 e. The van der Waals surface area contributed by atoms with Gasteiger partial charge in [-0.1, -0.05) is 56.5 Å². The first-order valence-electron chi connectivity index (χ1n) is 8.79. The fraction of sp³-hybridized carbons (Fsp3) is 0.579. The largest absolute Gasteiger partial charge is 0.461 e. The molecule has 2 atom stereocenters. The normalized spacial score (nSPS) is 13.2. The van der Waals surface area contributed by atoms with Crippen LogP contribution in [0.4, 0.5) is 0 Å². The molecule has 1 aromatic rings. The summed E-state index contributed by atoms with van der Waals surface area (Å²) in [6.07, 6.45) is 5.26. The van der Waals surface area contributed by atoms with E-state index in [4.69, 9.17) is 16.2 Å². The van der Waals surface area contributed by atoms with Gasteiger partial charge in [-0.15, -0.1) is 0 Å². The van der Waals surface area contributed by atoms with Crippen molar-refractivity contribution in [3.8, 4) is 0 Å². The predicted molar refractivity (Wildman–Crippen MR) is 94.9 cm³/mol. The molecule has 134 valence electrons. The Kier molecular flexibility index (Phi) is 9.77. The Bertz CT molecular complexity index is 491. The Balaban J connectivity index is 2.48. The zero-order valence-corrected chi connectivity index (χ0v) is 14.6. The van der Waals surface area contributed by atoms with Crippen LogP contribution in [0.2, 0.25) is 0 Å². The Morgan fingerprint density at radius 2 is 1.79 bits per heavy atom. The lowest BCUT2D eigenvalue weighted by molar-refractivity contribution is -0.151. The van der Waals surface area contributed by atoms with Crippen molar-refractivity contribution >= 4 is 11.9 Å². The minimum atomic E-state index is -0.298. The Morgan fingerprint density at radius 3 is 2.42 bits per heavy atom. The molecule has 0 saturated heterocycles. The summed E-state index contributed by atoms with van der Waals surface area (Å²) in [5.74, 6) is -0.815. The van der Waals surface area contributed by atoms with Crippen LogP contribution in [0.25, 0.3) is 0 Å². The fourth-order valence-electron chi connectivity index (χ4n) is 2.65. The van der Waals surface area contributed by atoms with Gasteiger partial charge in [0.1, 0.15) is 6.61 Å². The molecule has 1 aromatic carbocycles. The van der Waals surface area contributed by atoms with E-state index >= 15 is 0 Å². The van der Waals surface area contributed by atoms with Crippen LogP contribution in [0, 0.1) is 5.92 Å². The zero-order valence-electron chi connectivity index (χ0n) is 14.6. The molecule has 24 heavy (non-hydrogen) atoms. The molecule has 0 radical (unpaired) electrons. The molecule has 2 unspecified atom stereocenters. The lowest BCUT2D eigenvalue weighted by Crippen LogP contribution is -2.36. The Labute approximate surface area is 144 Å². The number of nitrogens with two attached hydrogens (primary N) is 2. The molecule has 0 aliphatic rings. The summed E-state index contributed by atoms with van der Waals surface area (Å²) >= 11 is 0. The molecule has 0 spiro atoms. The third-order valence-electron chi connectivity index (χ3n) is 4.12. The van der Waals surface area contributed by atoms with Crippen molar-refractivity contribution in [3.05, 3.63) is 35.9 Å². The van der Waals surface area contributed by atoms with Gasteiger partial charge in [-0.05, 0) is 24.8 Å². The van der Waals surface area contributed by atoms with E-state index < -0.39 is 0 Å². The number of hydrogen-bond acceptors (Lipinski definition) is 4. The third kappa shape index (κ3) is 8.11. The van der Waals surface area contributed by atoms with Crippen LogP contribution in [-0.2, 0) is 20.9 Å². The van der Waals surface area contributed by atoms with E-state index in [1.54, 1.807) is 0 Å². The number of hydrogen-bond donors (Lipinski definition) is 2. The van der Waals surface area contributed by atoms with Crippen LogP contribution >= 0.6 is 0 Å². The van der Waals surface area contributed by atoms with Crippen molar-refractivity contribution in [1.29, 1.82) is 0 Å². The minimum absolute atomic E-state index is 0.227. The monoisotopic (exact) mass is 334 g/mol. The molecule has 1 rings (SSSR count). The summed E-state index contributed by atoms with van der Waals surface area (Å²) < 4.78 is 5.46. The number of primary amides is 1. The molecular weight excluding hydrogens is 304 g/mol. The number of ether oxygens (including phenoxy) is 1. The SMILES string of the molecule is CCCCC(C(=O)OCc1ccccc1)C(N)CCCCC(N)=O. The molecule has 0 bridgehead atoms. The van der Waals surface area contributed by atoms with E-state index in [-0.39, 0.29) is 30.4 Å². The maximum Gasteiger partial charge on any atom is 0.310 e. The van der Waals surface area contributed by atoms with E-state index in [0.29, 0.717) is 19.3 Å². The van der Waals surface area contributed by atoms with Crippen LogP contribution in [0.15, 0.2) is 30.3 Å². The second-order valence-electron chi connectivity index (χ2n) is 6.22. The Morgan fingerprint density at radius 1 is 1.08 bits per heavy atom. The first-order chi connectivity index (χ1) is 11.5. The van der Waals surface area contributed by atoms with Gasteiger partial charge in [0.05, 0.1) is 5.92 Å². The van der Waals surface area contributed by atoms with Gasteiger partial charge in [-0.2, -0.15) is 0 Å². The maximum absolute atomic E-state index is 12.4. The summed E-state index contributed by atoms with van der Waals surface area (Å²) in [4.78, 5) is 23.2. The van der Waals surface area contributed by atoms with Gasteiger partial charge < -0.3 is 16.2 Å². The highest BCUT2D eigenvalue weighted by Gasteiger charge is 2.26. The van der Waals surface area contributed by atoms with Crippen LogP contribution in [0.1, 0.15) is 57.4 Å². The Hall–Kier alpha value is -1.88. The van der Waals surface area contributed by atoms with Gasteiger partial charge in [-0.3, -0.25) is 9.59 Å². The fourth-order valence-corrected chi connectivity index (χ4v) is 2.65. The van der Waals surface area contributed by atoms with Gasteiger partial charge in [0.25, 0.3) is 0 Å². The smallest absolute Gasteiger partial charge is 0.310 e. The molecule has 5 nitrogen and oxygen atoms in total. The maximum atomic E-state index is 12.4. The van der Waals surface area contributed by atoms with Crippen LogP contribution < -0.4 is 11.5 Å². The van der Waals surface area contributed by atoms with Crippen molar-refractivity contribution in [2.75, 3.05) is 0 Å². The highest BCUT2D eigenvalue weighted by atomic mass is 16.5. The predicted octanol–water partition coefficient (Wildman–Crippen LogP) is 2.91. The van der Waals surface area contributed by atoms with Crippen molar-refractivity contribution < 1.29 is 14.3 Å². The first kappa shape index (κ1) is 20.2. The van der Waals surface area contributed by atoms with Gasteiger partial charge in [0.15, 0.2) is 0 Å². The van der Waals surface area contributed by atoms with Crippen molar-refractivity contribution in [2.24, 2.45) is 17.4 Å². The van der Waals surface area contributed by atoms with E-state index in [9.17, 15) is 9.59 Å². The van der Waals surface area contributed by atoms with E-state index in [1.165, 1.54) is 0 Å². The molecule has 0 aromatic heterocycles. The van der Waals surface area contributed by atoms with Crippen molar-refractivity contribution in [1.82, 2.24) is 0 Å². The van der Waals surface area contributed by atoms with Crippen molar-refractivity contribution in [3.63, 3.8) is 0 Å². The van der Waals surface area contributed by atoms with Crippen LogP contribution in [0.3, 0.4) is 0 Å². The second-order valence-corrected chi connectivity index (χ2v) is 6.22. The lowest BCUT2D eigenvalue weighted by Gasteiger charge is -2.22. The van der Waals surface area contributed by atoms with Crippen molar-refractivity contribution in [2.45, 2.75) is 64.5 Å². The number of unbranched alkanes of at least 4 members (excludes halogenated alkanes) is 2. The van der Waals surface area contributed by atoms with Crippen LogP contribution in [0.5, 0.6) is 0 Å². The number of benzene rings is 1. The van der Waals surface area contributed by atoms with Gasteiger partial charge in [0, 0.05) is 12.5 Å². The molecule has 4 N–H and O–H groups in total. The van der Waals surface area contributed by atoms with Gasteiger partial charge in [-0.25, -0.2) is 0 Å². The number of amides is 1. The molecule has 0 aliphatic heterocycles. The zero-order chi connectivity index (χ0) is 17.8. The third-order valence-corrected chi connectivity index (χ3v) is 4.12. The molecule has 0 aliphatic carbocycles. The summed E-state index contributed by atoms with van der Waals surface area (Å²) in [6.45, 7) is 2.36. The summed E-state index contributed by atoms with van der Waals surface area (Å²) in [5, 5.41) is 0. The molecule has 1 amide bonds. The highest BCUT2D eigenvalue weighted by molar-refractivity contribution is 5.74. The number of carbonyl (C=O) groups excluding carboxylic acids is 2. The molecule has 0 heterocycles. The topological polar surface area (TPSA) is 95.4 Å². The second kappa shape index (κ2) is 11.6. The van der Waals surface area contributed by atoms with Crippen LogP contribution in [-0.4, -0.2) is 17.9 Å². The summed E-state index contributed by atoms with van der Waals surface area (Å²) in [6, 6.07) is 9.38. The number of esters is 1. The first-order valence-corrected chi connectivity index (χ1v) is 8.79. The van der Waals surface area contributed by atoms with E-state index in [1.807, 2.05) is 30.3 Å². The van der Waals surface area contributed by atoms with Gasteiger partial charge in [0.2, 0.25) is 5.91 Å². The summed E-state index contributed by atoms with van der Waals surface area (Å²) in [5.41, 5.74) is 12.3. The average Bonchev–Trinajstić information content (AvgIpc) is 2.58. The standard InChI is InChI=1S/C19H30N2O3/c1-2-3-11-16(17(20)12-7-8-13-18(21)22)19(23)24-14-15-9-5-4-6-10-15/h4-6,9-10,16-17H,2-3,7-8,11-14,20H2,1H3,(H2,21,22). The number of carbonyl (C=O) groups is 2. The molecule has 5 heteroatoms. The average molecular weight is 334 g/mol. The van der Waals surface area contributed by atoms with Gasteiger partial charge >= 0.3 is 5.97 Å². The number of rotatable bonds is 12. The lowest BCUT2D eigenvalue weighted by atomic mass is 9.90. The molecule has 0 fully saturated rings. The summed E-state index contributed by atoms with van der Waals surface area (Å²) in [7, 11) is 0. The van der Waals surface area contributed by atoms with E-state index in [0.717, 1.165) is 31.2 Å². The quantitative estimate of drug-likeness (QED) is 0.454. The highest BCUT2D eigenvalue weighted by Crippen LogP contribution is 2.19. The molecular formula is C19H30N2O3. The molecule has 0 saturated carbocycles.